The number of hydrogen-bond acceptors (Lipinski definition) is 6. The zero-order valence-corrected chi connectivity index (χ0v) is 12.0. The number of thioether (sulfide) groups is 1. The summed E-state index contributed by atoms with van der Waals surface area (Å²) in [5.41, 5.74) is 5.58. The summed E-state index contributed by atoms with van der Waals surface area (Å²) in [5.74, 6) is 3.13. The molecule has 1 aromatic heterocycles. The molecule has 2 aromatic rings. The second-order valence-corrected chi connectivity index (χ2v) is 5.46. The van der Waals surface area contributed by atoms with Crippen LogP contribution in [-0.4, -0.2) is 33.2 Å². The Hall–Kier alpha value is -1.73. The predicted octanol–water partition coefficient (Wildman–Crippen LogP) is 1.21. The molecule has 0 bridgehead atoms. The zero-order chi connectivity index (χ0) is 13.9. The van der Waals surface area contributed by atoms with Gasteiger partial charge in [-0.3, -0.25) is 0 Å². The highest BCUT2D eigenvalue weighted by Crippen LogP contribution is 2.32. The minimum Gasteiger partial charge on any atom is -0.486 e. The molecule has 1 atom stereocenters. The lowest BCUT2D eigenvalue weighted by atomic mass is 10.3. The smallest absolute Gasteiger partial charge is 0.191 e. The second kappa shape index (κ2) is 5.72. The molecule has 6 nitrogen and oxygen atoms in total. The van der Waals surface area contributed by atoms with Crippen LogP contribution in [0.3, 0.4) is 0 Å². The van der Waals surface area contributed by atoms with Gasteiger partial charge in [0, 0.05) is 12.8 Å². The van der Waals surface area contributed by atoms with E-state index in [-0.39, 0.29) is 6.10 Å². The van der Waals surface area contributed by atoms with Gasteiger partial charge >= 0.3 is 0 Å². The van der Waals surface area contributed by atoms with Crippen molar-refractivity contribution < 1.29 is 9.47 Å². The van der Waals surface area contributed by atoms with E-state index in [1.54, 1.807) is 11.8 Å². The summed E-state index contributed by atoms with van der Waals surface area (Å²) in [5, 5.41) is 8.98. The van der Waals surface area contributed by atoms with Crippen LogP contribution in [0, 0.1) is 0 Å². The summed E-state index contributed by atoms with van der Waals surface area (Å²) >= 11 is 1.59. The first-order valence-corrected chi connectivity index (χ1v) is 7.36. The van der Waals surface area contributed by atoms with Crippen LogP contribution in [-0.2, 0) is 13.6 Å². The highest BCUT2D eigenvalue weighted by Gasteiger charge is 2.21. The molecule has 3 rings (SSSR count). The lowest BCUT2D eigenvalue weighted by Gasteiger charge is -2.25. The number of ether oxygens (including phenoxy) is 2. The fourth-order valence-corrected chi connectivity index (χ4v) is 2.86. The minimum absolute atomic E-state index is 0.00734. The second-order valence-electron chi connectivity index (χ2n) is 4.47. The summed E-state index contributed by atoms with van der Waals surface area (Å²) in [7, 11) is 1.91. The molecule has 2 heterocycles. The molecular formula is C13H16N4O2S. The Kier molecular flexibility index (Phi) is 3.79. The lowest BCUT2D eigenvalue weighted by Crippen LogP contribution is -2.31. The lowest BCUT2D eigenvalue weighted by molar-refractivity contribution is 0.107. The van der Waals surface area contributed by atoms with Crippen molar-refractivity contribution in [3.63, 3.8) is 0 Å². The molecular weight excluding hydrogens is 276 g/mol. The van der Waals surface area contributed by atoms with Crippen molar-refractivity contribution in [3.05, 3.63) is 30.1 Å². The number of para-hydroxylation sites is 2. The monoisotopic (exact) mass is 292 g/mol. The molecule has 1 aliphatic rings. The molecule has 0 saturated carbocycles. The standard InChI is InChI=1S/C13H16N4O2S/c1-17-12(6-14)15-16-13(17)20-8-9-7-18-10-4-2-3-5-11(10)19-9/h2-5,9H,6-8,14H2,1H3. The van der Waals surface area contributed by atoms with Crippen molar-refractivity contribution in [2.24, 2.45) is 12.8 Å². The molecule has 106 valence electrons. The van der Waals surface area contributed by atoms with Gasteiger partial charge in [0.05, 0.1) is 6.54 Å². The SMILES string of the molecule is Cn1c(CN)nnc1SCC1COc2ccccc2O1. The Morgan fingerprint density at radius 1 is 1.35 bits per heavy atom. The number of hydrogen-bond donors (Lipinski definition) is 1. The number of nitrogens with zero attached hydrogens (tertiary/aromatic N) is 3. The van der Waals surface area contributed by atoms with Gasteiger partial charge in [0.15, 0.2) is 16.7 Å². The first-order valence-electron chi connectivity index (χ1n) is 6.37. The molecule has 0 aliphatic carbocycles. The average Bonchev–Trinajstić information content (AvgIpc) is 2.85. The van der Waals surface area contributed by atoms with E-state index in [0.717, 1.165) is 28.2 Å². The summed E-state index contributed by atoms with van der Waals surface area (Å²) in [6.07, 6.45) is 0.00734. The van der Waals surface area contributed by atoms with Gasteiger partial charge in [-0.15, -0.1) is 10.2 Å². The maximum absolute atomic E-state index is 5.90. The van der Waals surface area contributed by atoms with E-state index < -0.39 is 0 Å². The molecule has 20 heavy (non-hydrogen) atoms. The van der Waals surface area contributed by atoms with E-state index in [1.807, 2.05) is 35.9 Å². The van der Waals surface area contributed by atoms with Crippen molar-refractivity contribution in [2.75, 3.05) is 12.4 Å². The van der Waals surface area contributed by atoms with Crippen LogP contribution in [0.25, 0.3) is 0 Å². The largest absolute Gasteiger partial charge is 0.486 e. The van der Waals surface area contributed by atoms with Crippen molar-refractivity contribution in [3.8, 4) is 11.5 Å². The molecule has 1 aromatic carbocycles. The fraction of sp³-hybridized carbons (Fsp3) is 0.385. The molecule has 2 N–H and O–H groups in total. The Bertz CT molecular complexity index is 602. The first kappa shape index (κ1) is 13.3. The third-order valence-corrected chi connectivity index (χ3v) is 4.23. The Morgan fingerprint density at radius 2 is 2.15 bits per heavy atom. The van der Waals surface area contributed by atoms with E-state index >= 15 is 0 Å². The van der Waals surface area contributed by atoms with Crippen molar-refractivity contribution in [1.29, 1.82) is 0 Å². The Labute approximate surface area is 121 Å². The average molecular weight is 292 g/mol. The molecule has 7 heteroatoms. The normalized spacial score (nSPS) is 17.2. The van der Waals surface area contributed by atoms with Gasteiger partial charge in [-0.05, 0) is 12.1 Å². The fourth-order valence-electron chi connectivity index (χ4n) is 1.96. The van der Waals surface area contributed by atoms with Crippen LogP contribution in [0.1, 0.15) is 5.82 Å². The molecule has 0 amide bonds. The number of nitrogens with two attached hydrogens (primary N) is 1. The first-order chi connectivity index (χ1) is 9.78. The predicted molar refractivity (Wildman–Crippen MR) is 76.0 cm³/mol. The summed E-state index contributed by atoms with van der Waals surface area (Å²) in [6.45, 7) is 0.937. The molecule has 1 aliphatic heterocycles. The quantitative estimate of drug-likeness (QED) is 0.854. The van der Waals surface area contributed by atoms with E-state index in [0.29, 0.717) is 13.2 Å². The number of aromatic nitrogens is 3. The third-order valence-electron chi connectivity index (χ3n) is 3.07. The van der Waals surface area contributed by atoms with Gasteiger partial charge < -0.3 is 19.8 Å². The van der Waals surface area contributed by atoms with Gasteiger partial charge in [-0.25, -0.2) is 0 Å². The highest BCUT2D eigenvalue weighted by molar-refractivity contribution is 7.99. The molecule has 0 radical (unpaired) electrons. The molecule has 0 fully saturated rings. The molecule has 0 spiro atoms. The van der Waals surface area contributed by atoms with Crippen LogP contribution in [0.2, 0.25) is 0 Å². The molecule has 0 saturated heterocycles. The van der Waals surface area contributed by atoms with Gasteiger partial charge in [0.1, 0.15) is 18.5 Å². The maximum Gasteiger partial charge on any atom is 0.191 e. The number of benzene rings is 1. The van der Waals surface area contributed by atoms with Gasteiger partial charge in [0.25, 0.3) is 0 Å². The van der Waals surface area contributed by atoms with Crippen LogP contribution in [0.15, 0.2) is 29.4 Å². The van der Waals surface area contributed by atoms with Gasteiger partial charge in [-0.2, -0.15) is 0 Å². The van der Waals surface area contributed by atoms with E-state index in [2.05, 4.69) is 10.2 Å². The number of fused-ring (bicyclic) bond motifs is 1. The van der Waals surface area contributed by atoms with E-state index in [9.17, 15) is 0 Å². The summed E-state index contributed by atoms with van der Waals surface area (Å²) < 4.78 is 13.5. The van der Waals surface area contributed by atoms with Gasteiger partial charge in [0.2, 0.25) is 0 Å². The van der Waals surface area contributed by atoms with E-state index in [4.69, 9.17) is 15.2 Å². The Morgan fingerprint density at radius 3 is 2.90 bits per heavy atom. The summed E-state index contributed by atoms with van der Waals surface area (Å²) in [6, 6.07) is 7.70. The van der Waals surface area contributed by atoms with Crippen LogP contribution >= 0.6 is 11.8 Å². The highest BCUT2D eigenvalue weighted by atomic mass is 32.2. The van der Waals surface area contributed by atoms with Gasteiger partial charge in [-0.1, -0.05) is 23.9 Å². The minimum atomic E-state index is 0.00734. The van der Waals surface area contributed by atoms with E-state index in [1.165, 1.54) is 0 Å². The Balaban J connectivity index is 1.61. The summed E-state index contributed by atoms with van der Waals surface area (Å²) in [4.78, 5) is 0. The van der Waals surface area contributed by atoms with Crippen LogP contribution in [0.5, 0.6) is 11.5 Å². The third kappa shape index (κ3) is 2.59. The topological polar surface area (TPSA) is 75.2 Å². The molecule has 1 unspecified atom stereocenters. The van der Waals surface area contributed by atoms with Crippen molar-refractivity contribution in [2.45, 2.75) is 17.8 Å². The zero-order valence-electron chi connectivity index (χ0n) is 11.2. The van der Waals surface area contributed by atoms with Crippen LogP contribution in [0.4, 0.5) is 0 Å². The maximum atomic E-state index is 5.90. The number of rotatable bonds is 4. The van der Waals surface area contributed by atoms with Crippen LogP contribution < -0.4 is 15.2 Å². The van der Waals surface area contributed by atoms with Crippen molar-refractivity contribution >= 4 is 11.8 Å². The van der Waals surface area contributed by atoms with Crippen molar-refractivity contribution in [1.82, 2.24) is 14.8 Å².